The molecule has 58 valence electrons. The predicted molar refractivity (Wildman–Crippen MR) is 53.3 cm³/mol. The van der Waals surface area contributed by atoms with Crippen molar-refractivity contribution in [2.75, 3.05) is 0 Å². The number of hydrogen-bond donors (Lipinski definition) is 1. The monoisotopic (exact) mass is 230 g/mol. The highest BCUT2D eigenvalue weighted by Crippen LogP contribution is 2.26. The highest BCUT2D eigenvalue weighted by atomic mass is 79.9. The molecule has 1 N–H and O–H groups in total. The number of nitrogens with zero attached hydrogens (tertiary/aromatic N) is 1. The Bertz CT molecular complexity index is 322. The van der Waals surface area contributed by atoms with E-state index in [4.69, 9.17) is 4.78 Å². The maximum absolute atomic E-state index is 7.49. The van der Waals surface area contributed by atoms with Crippen LogP contribution in [0, 0.1) is 4.78 Å². The van der Waals surface area contributed by atoms with E-state index in [1.807, 2.05) is 24.3 Å². The van der Waals surface area contributed by atoms with Gasteiger partial charge in [0.25, 0.3) is 0 Å². The van der Waals surface area contributed by atoms with Crippen LogP contribution in [0.25, 0.3) is 0 Å². The number of nitrogens with one attached hydrogen (secondary N) is 1. The molecule has 1 atom stereocenters. The van der Waals surface area contributed by atoms with Crippen LogP contribution in [0.3, 0.4) is 0 Å². The standard InChI is InChI=1S/C7H6N2S.BrH/c8-10-5-9-6-3-1-2-4-7(6)10;/h1-5,8H;1H. The van der Waals surface area contributed by atoms with Crippen molar-refractivity contribution >= 4 is 38.9 Å². The summed E-state index contributed by atoms with van der Waals surface area (Å²) in [6.45, 7) is 0. The molecule has 4 heteroatoms. The minimum absolute atomic E-state index is 0. The van der Waals surface area contributed by atoms with Crippen LogP contribution in [0.4, 0.5) is 5.69 Å². The van der Waals surface area contributed by atoms with Crippen LogP contribution in [0.2, 0.25) is 0 Å². The van der Waals surface area contributed by atoms with Crippen LogP contribution in [0.1, 0.15) is 0 Å². The van der Waals surface area contributed by atoms with Crippen LogP contribution in [-0.2, 0) is 10.7 Å². The lowest BCUT2D eigenvalue weighted by Crippen LogP contribution is -1.80. The Hall–Kier alpha value is -0.480. The molecule has 0 aliphatic carbocycles. The summed E-state index contributed by atoms with van der Waals surface area (Å²) >= 11 is 0. The molecule has 0 saturated heterocycles. The summed E-state index contributed by atoms with van der Waals surface area (Å²) in [5.74, 6) is 0. The van der Waals surface area contributed by atoms with Crippen molar-refractivity contribution in [1.82, 2.24) is 0 Å². The van der Waals surface area contributed by atoms with Gasteiger partial charge >= 0.3 is 0 Å². The van der Waals surface area contributed by atoms with Gasteiger partial charge in [-0.2, -0.15) is 0 Å². The highest BCUT2D eigenvalue weighted by molar-refractivity contribution is 8.93. The summed E-state index contributed by atoms with van der Waals surface area (Å²) in [7, 11) is -0.489. The molecule has 0 amide bonds. The molecule has 1 aliphatic rings. The molecule has 1 heterocycles. The van der Waals surface area contributed by atoms with E-state index in [-0.39, 0.29) is 17.0 Å². The Morgan fingerprint density at radius 2 is 2.00 bits per heavy atom. The Morgan fingerprint density at radius 3 is 2.73 bits per heavy atom. The van der Waals surface area contributed by atoms with Crippen LogP contribution in [-0.4, -0.2) is 5.55 Å². The first-order valence-electron chi connectivity index (χ1n) is 2.95. The molecule has 0 bridgehead atoms. The zero-order valence-electron chi connectivity index (χ0n) is 5.65. The predicted octanol–water partition coefficient (Wildman–Crippen LogP) is 2.68. The average Bonchev–Trinajstić information content (AvgIpc) is 2.34. The van der Waals surface area contributed by atoms with Crippen molar-refractivity contribution in [3.63, 3.8) is 0 Å². The van der Waals surface area contributed by atoms with Gasteiger partial charge in [0, 0.05) is 4.90 Å². The number of fused-ring (bicyclic) bond motifs is 1. The second-order valence-electron chi connectivity index (χ2n) is 2.04. The van der Waals surface area contributed by atoms with E-state index in [1.165, 1.54) is 0 Å². The summed E-state index contributed by atoms with van der Waals surface area (Å²) in [6.07, 6.45) is 0. The maximum Gasteiger partial charge on any atom is 0.0785 e. The molecule has 1 aromatic carbocycles. The van der Waals surface area contributed by atoms with E-state index < -0.39 is 10.7 Å². The largest absolute Gasteiger partial charge is 0.270 e. The van der Waals surface area contributed by atoms with Crippen molar-refractivity contribution in [1.29, 1.82) is 4.78 Å². The lowest BCUT2D eigenvalue weighted by atomic mass is 10.3. The van der Waals surface area contributed by atoms with E-state index in [9.17, 15) is 0 Å². The smallest absolute Gasteiger partial charge is 0.0785 e. The summed E-state index contributed by atoms with van der Waals surface area (Å²) in [5, 5.41) is 0. The first-order valence-corrected chi connectivity index (χ1v) is 4.24. The molecule has 11 heavy (non-hydrogen) atoms. The summed E-state index contributed by atoms with van der Waals surface area (Å²) in [4.78, 5) is 5.12. The van der Waals surface area contributed by atoms with E-state index in [1.54, 1.807) is 5.55 Å². The molecule has 2 nitrogen and oxygen atoms in total. The van der Waals surface area contributed by atoms with Gasteiger partial charge in [0.2, 0.25) is 0 Å². The SMILES string of the molecule is Br.N=S1C=Nc2ccccc21. The van der Waals surface area contributed by atoms with E-state index in [2.05, 4.69) is 4.99 Å². The Labute approximate surface area is 78.0 Å². The van der Waals surface area contributed by atoms with Crippen LogP contribution < -0.4 is 0 Å². The molecule has 0 fully saturated rings. The first-order chi connectivity index (χ1) is 4.88. The number of benzene rings is 1. The van der Waals surface area contributed by atoms with Gasteiger partial charge in [0.1, 0.15) is 0 Å². The Balaban J connectivity index is 0.000000605. The molecular weight excluding hydrogens is 224 g/mol. The van der Waals surface area contributed by atoms with Crippen molar-refractivity contribution in [2.45, 2.75) is 4.90 Å². The van der Waals surface area contributed by atoms with E-state index in [0.29, 0.717) is 0 Å². The van der Waals surface area contributed by atoms with Gasteiger partial charge in [-0.3, -0.25) is 4.78 Å². The molecule has 0 spiro atoms. The zero-order valence-corrected chi connectivity index (χ0v) is 8.18. The summed E-state index contributed by atoms with van der Waals surface area (Å²) < 4.78 is 7.49. The third kappa shape index (κ3) is 1.41. The molecule has 0 aromatic heterocycles. The highest BCUT2D eigenvalue weighted by Gasteiger charge is 2.07. The Morgan fingerprint density at radius 1 is 1.27 bits per heavy atom. The third-order valence-electron chi connectivity index (χ3n) is 1.40. The molecule has 1 aliphatic heterocycles. The topological polar surface area (TPSA) is 36.2 Å². The van der Waals surface area contributed by atoms with Crippen LogP contribution in [0.15, 0.2) is 34.2 Å². The third-order valence-corrected chi connectivity index (χ3v) is 2.53. The number of halogens is 1. The first kappa shape index (κ1) is 8.62. The lowest BCUT2D eigenvalue weighted by molar-refractivity contribution is 1.40. The van der Waals surface area contributed by atoms with Crippen LogP contribution in [0.5, 0.6) is 0 Å². The van der Waals surface area contributed by atoms with Gasteiger partial charge in [-0.15, -0.1) is 17.0 Å². The van der Waals surface area contributed by atoms with Gasteiger partial charge in [-0.25, -0.2) is 4.99 Å². The molecule has 1 aromatic rings. The number of rotatable bonds is 0. The molecule has 1 unspecified atom stereocenters. The summed E-state index contributed by atoms with van der Waals surface area (Å²) in [5.41, 5.74) is 2.64. The molecule has 0 radical (unpaired) electrons. The fourth-order valence-electron chi connectivity index (χ4n) is 0.916. The zero-order chi connectivity index (χ0) is 6.97. The van der Waals surface area contributed by atoms with Crippen molar-refractivity contribution in [3.8, 4) is 0 Å². The minimum Gasteiger partial charge on any atom is -0.270 e. The second kappa shape index (κ2) is 3.28. The molecule has 2 rings (SSSR count). The minimum atomic E-state index is -0.489. The van der Waals surface area contributed by atoms with Gasteiger partial charge < -0.3 is 0 Å². The van der Waals surface area contributed by atoms with Gasteiger partial charge in [0.05, 0.1) is 11.2 Å². The Kier molecular flexibility index (Phi) is 2.57. The molecular formula is C7H7BrN2S. The van der Waals surface area contributed by atoms with Crippen molar-refractivity contribution < 1.29 is 0 Å². The normalized spacial score (nSPS) is 19.1. The quantitative estimate of drug-likeness (QED) is 0.712. The number of para-hydroxylation sites is 1. The number of hydrogen-bond acceptors (Lipinski definition) is 2. The van der Waals surface area contributed by atoms with Gasteiger partial charge in [-0.1, -0.05) is 12.1 Å². The lowest BCUT2D eigenvalue weighted by Gasteiger charge is -1.93. The average molecular weight is 231 g/mol. The van der Waals surface area contributed by atoms with Crippen LogP contribution >= 0.6 is 17.0 Å². The van der Waals surface area contributed by atoms with Crippen molar-refractivity contribution in [2.24, 2.45) is 4.99 Å². The fraction of sp³-hybridized carbons (Fsp3) is 0. The van der Waals surface area contributed by atoms with Crippen molar-refractivity contribution in [3.05, 3.63) is 24.3 Å². The van der Waals surface area contributed by atoms with Gasteiger partial charge in [0.15, 0.2) is 0 Å². The molecule has 0 saturated carbocycles. The second-order valence-corrected chi connectivity index (χ2v) is 3.37. The van der Waals surface area contributed by atoms with Gasteiger partial charge in [-0.05, 0) is 22.8 Å². The summed E-state index contributed by atoms with van der Waals surface area (Å²) in [6, 6.07) is 7.78. The number of aliphatic imine (C=N–C) groups is 1. The van der Waals surface area contributed by atoms with E-state index in [0.717, 1.165) is 10.6 Å². The fourth-order valence-corrected chi connectivity index (χ4v) is 1.82. The van der Waals surface area contributed by atoms with E-state index >= 15 is 0 Å². The maximum atomic E-state index is 7.49.